The Kier molecular flexibility index (Phi) is 4.52. The van der Waals surface area contributed by atoms with Crippen LogP contribution in [0.4, 0.5) is 0 Å². The van der Waals surface area contributed by atoms with E-state index >= 15 is 0 Å². The molecule has 1 N–H and O–H groups in total. The van der Waals surface area contributed by atoms with E-state index in [-0.39, 0.29) is 6.10 Å². The molecule has 0 aliphatic carbocycles. The third-order valence-electron chi connectivity index (χ3n) is 3.78. The van der Waals surface area contributed by atoms with Gasteiger partial charge in [0.2, 0.25) is 0 Å². The van der Waals surface area contributed by atoms with Gasteiger partial charge in [-0.2, -0.15) is 0 Å². The van der Waals surface area contributed by atoms with Crippen LogP contribution in [0.3, 0.4) is 0 Å². The number of nitrogens with zero attached hydrogens (tertiary/aromatic N) is 2. The highest BCUT2D eigenvalue weighted by molar-refractivity contribution is 5.28. The predicted octanol–water partition coefficient (Wildman–Crippen LogP) is 1.80. The van der Waals surface area contributed by atoms with Gasteiger partial charge >= 0.3 is 0 Å². The average molecular weight is 287 g/mol. The molecule has 5 heteroatoms. The molecule has 1 aromatic heterocycles. The molecule has 0 bridgehead atoms. The minimum absolute atomic E-state index is 0.103. The van der Waals surface area contributed by atoms with Crippen LogP contribution in [0.5, 0.6) is 5.75 Å². The van der Waals surface area contributed by atoms with Crippen molar-refractivity contribution in [1.82, 2.24) is 14.9 Å². The standard InChI is InChI=1S/C16H21N3O2/c1-20-14-4-2-3-13(9-14)5-7-19-12-18-10-15(19)16-11-17-6-8-21-16/h2-4,9-10,12,16-17H,5-8,11H2,1H3. The number of hydrogen-bond acceptors (Lipinski definition) is 4. The van der Waals surface area contributed by atoms with Crippen molar-refractivity contribution in [1.29, 1.82) is 0 Å². The van der Waals surface area contributed by atoms with E-state index in [4.69, 9.17) is 9.47 Å². The first-order chi connectivity index (χ1) is 10.4. The van der Waals surface area contributed by atoms with E-state index in [1.54, 1.807) is 7.11 Å². The molecule has 1 atom stereocenters. The molecule has 2 aromatic rings. The Bertz CT molecular complexity index is 576. The van der Waals surface area contributed by atoms with Gasteiger partial charge in [-0.15, -0.1) is 0 Å². The maximum Gasteiger partial charge on any atom is 0.119 e. The first-order valence-electron chi connectivity index (χ1n) is 7.32. The number of aryl methyl sites for hydroxylation is 2. The molecule has 0 radical (unpaired) electrons. The highest BCUT2D eigenvalue weighted by Crippen LogP contribution is 2.19. The average Bonchev–Trinajstić information content (AvgIpc) is 3.02. The monoisotopic (exact) mass is 287 g/mol. The fourth-order valence-electron chi connectivity index (χ4n) is 2.62. The highest BCUT2D eigenvalue weighted by Gasteiger charge is 2.19. The molecule has 21 heavy (non-hydrogen) atoms. The Hall–Kier alpha value is -1.85. The maximum atomic E-state index is 5.81. The topological polar surface area (TPSA) is 48.3 Å². The molecule has 0 spiro atoms. The van der Waals surface area contributed by atoms with E-state index in [2.05, 4.69) is 27.0 Å². The molecule has 5 nitrogen and oxygen atoms in total. The number of rotatable bonds is 5. The summed E-state index contributed by atoms with van der Waals surface area (Å²) in [5, 5.41) is 3.36. The summed E-state index contributed by atoms with van der Waals surface area (Å²) in [6.07, 6.45) is 4.84. The lowest BCUT2D eigenvalue weighted by Crippen LogP contribution is -2.34. The normalized spacial score (nSPS) is 18.6. The molecule has 1 saturated heterocycles. The molecule has 0 saturated carbocycles. The quantitative estimate of drug-likeness (QED) is 0.911. The summed E-state index contributed by atoms with van der Waals surface area (Å²) in [4.78, 5) is 4.27. The van der Waals surface area contributed by atoms with Crippen LogP contribution in [0.25, 0.3) is 0 Å². The number of morpholine rings is 1. The summed E-state index contributed by atoms with van der Waals surface area (Å²) in [6.45, 7) is 3.42. The summed E-state index contributed by atoms with van der Waals surface area (Å²) in [6, 6.07) is 8.19. The van der Waals surface area contributed by atoms with Crippen LogP contribution in [0.2, 0.25) is 0 Å². The summed E-state index contributed by atoms with van der Waals surface area (Å²) >= 11 is 0. The molecule has 0 amide bonds. The maximum absolute atomic E-state index is 5.81. The molecule has 2 heterocycles. The number of hydrogen-bond donors (Lipinski definition) is 1. The Labute approximate surface area is 124 Å². The van der Waals surface area contributed by atoms with Crippen molar-refractivity contribution in [3.63, 3.8) is 0 Å². The number of methoxy groups -OCH3 is 1. The smallest absolute Gasteiger partial charge is 0.119 e. The van der Waals surface area contributed by atoms with E-state index in [1.165, 1.54) is 5.56 Å². The number of benzene rings is 1. The molecular formula is C16H21N3O2. The van der Waals surface area contributed by atoms with E-state index in [1.807, 2.05) is 24.7 Å². The minimum atomic E-state index is 0.103. The molecule has 1 fully saturated rings. The fourth-order valence-corrected chi connectivity index (χ4v) is 2.62. The first kappa shape index (κ1) is 14.1. The zero-order chi connectivity index (χ0) is 14.5. The van der Waals surface area contributed by atoms with Crippen molar-refractivity contribution in [3.05, 3.63) is 48.0 Å². The summed E-state index contributed by atoms with van der Waals surface area (Å²) in [5.41, 5.74) is 2.40. The van der Waals surface area contributed by atoms with Gasteiger partial charge in [-0.25, -0.2) is 4.98 Å². The van der Waals surface area contributed by atoms with Gasteiger partial charge in [0.05, 0.1) is 31.9 Å². The van der Waals surface area contributed by atoms with Gasteiger partial charge in [-0.1, -0.05) is 12.1 Å². The second-order valence-electron chi connectivity index (χ2n) is 5.18. The lowest BCUT2D eigenvalue weighted by atomic mass is 10.1. The number of nitrogens with one attached hydrogen (secondary N) is 1. The molecular weight excluding hydrogens is 266 g/mol. The molecule has 1 aromatic carbocycles. The van der Waals surface area contributed by atoms with Gasteiger partial charge in [-0.3, -0.25) is 0 Å². The first-order valence-corrected chi connectivity index (χ1v) is 7.32. The van der Waals surface area contributed by atoms with Gasteiger partial charge in [0.15, 0.2) is 0 Å². The van der Waals surface area contributed by atoms with E-state index < -0.39 is 0 Å². The van der Waals surface area contributed by atoms with E-state index in [0.717, 1.165) is 44.1 Å². The second kappa shape index (κ2) is 6.74. The largest absolute Gasteiger partial charge is 0.497 e. The zero-order valence-electron chi connectivity index (χ0n) is 12.3. The van der Waals surface area contributed by atoms with Crippen LogP contribution in [-0.2, 0) is 17.7 Å². The SMILES string of the molecule is COc1cccc(CCn2cncc2C2CNCCO2)c1. The van der Waals surface area contributed by atoms with E-state index in [9.17, 15) is 0 Å². The van der Waals surface area contributed by atoms with Gasteiger partial charge in [0, 0.05) is 19.6 Å². The Balaban J connectivity index is 1.66. The zero-order valence-corrected chi connectivity index (χ0v) is 12.3. The van der Waals surface area contributed by atoms with Crippen molar-refractivity contribution < 1.29 is 9.47 Å². The van der Waals surface area contributed by atoms with Crippen LogP contribution < -0.4 is 10.1 Å². The minimum Gasteiger partial charge on any atom is -0.497 e. The molecule has 112 valence electrons. The highest BCUT2D eigenvalue weighted by atomic mass is 16.5. The van der Waals surface area contributed by atoms with Crippen LogP contribution in [-0.4, -0.2) is 36.4 Å². The number of ether oxygens (including phenoxy) is 2. The summed E-state index contributed by atoms with van der Waals surface area (Å²) in [5.74, 6) is 0.901. The van der Waals surface area contributed by atoms with Crippen LogP contribution in [0.1, 0.15) is 17.4 Å². The van der Waals surface area contributed by atoms with Crippen molar-refractivity contribution in [2.24, 2.45) is 0 Å². The third-order valence-corrected chi connectivity index (χ3v) is 3.78. The lowest BCUT2D eigenvalue weighted by molar-refractivity contribution is 0.0228. The summed E-state index contributed by atoms with van der Waals surface area (Å²) in [7, 11) is 1.69. The Morgan fingerprint density at radius 1 is 1.48 bits per heavy atom. The van der Waals surface area contributed by atoms with Crippen LogP contribution in [0.15, 0.2) is 36.8 Å². The van der Waals surface area contributed by atoms with Crippen molar-refractivity contribution in [2.75, 3.05) is 26.8 Å². The molecule has 1 aliphatic rings. The van der Waals surface area contributed by atoms with E-state index in [0.29, 0.717) is 0 Å². The van der Waals surface area contributed by atoms with Gasteiger partial charge in [0.25, 0.3) is 0 Å². The molecule has 1 unspecified atom stereocenters. The molecule has 3 rings (SSSR count). The van der Waals surface area contributed by atoms with Crippen molar-refractivity contribution in [2.45, 2.75) is 19.1 Å². The third kappa shape index (κ3) is 3.43. The number of imidazole rings is 1. The van der Waals surface area contributed by atoms with Gasteiger partial charge in [-0.05, 0) is 24.1 Å². The van der Waals surface area contributed by atoms with Crippen molar-refractivity contribution in [3.8, 4) is 5.75 Å². The Morgan fingerprint density at radius 2 is 2.43 bits per heavy atom. The van der Waals surface area contributed by atoms with Gasteiger partial charge < -0.3 is 19.4 Å². The Morgan fingerprint density at radius 3 is 3.24 bits per heavy atom. The lowest BCUT2D eigenvalue weighted by Gasteiger charge is -2.24. The second-order valence-corrected chi connectivity index (χ2v) is 5.18. The van der Waals surface area contributed by atoms with Crippen LogP contribution >= 0.6 is 0 Å². The van der Waals surface area contributed by atoms with Crippen LogP contribution in [0, 0.1) is 0 Å². The van der Waals surface area contributed by atoms with Gasteiger partial charge in [0.1, 0.15) is 11.9 Å². The number of aromatic nitrogens is 2. The summed E-state index contributed by atoms with van der Waals surface area (Å²) < 4.78 is 13.2. The fraction of sp³-hybridized carbons (Fsp3) is 0.438. The predicted molar refractivity (Wildman–Crippen MR) is 80.5 cm³/mol. The van der Waals surface area contributed by atoms with Crippen molar-refractivity contribution >= 4 is 0 Å². The molecule has 1 aliphatic heterocycles.